The molecule has 2 rings (SSSR count). The molecule has 2 heterocycles. The molecule has 2 aromatic rings. The lowest BCUT2D eigenvalue weighted by Crippen LogP contribution is -2.18. The van der Waals surface area contributed by atoms with E-state index in [2.05, 4.69) is 46.0 Å². The highest BCUT2D eigenvalue weighted by Gasteiger charge is 2.18. The maximum Gasteiger partial charge on any atom is 0.138 e. The first-order valence-electron chi connectivity index (χ1n) is 6.51. The number of anilines is 2. The Morgan fingerprint density at radius 3 is 2.50 bits per heavy atom. The van der Waals surface area contributed by atoms with Crippen LogP contribution in [0.2, 0.25) is 0 Å². The fraction of sp³-hybridized carbons (Fsp3) is 0.429. The molecule has 2 aromatic heterocycles. The zero-order valence-corrected chi connectivity index (χ0v) is 12.3. The molecular formula is C14H20N6. The molecule has 0 bridgehead atoms. The molecule has 106 valence electrons. The fourth-order valence-corrected chi connectivity index (χ4v) is 1.58. The van der Waals surface area contributed by atoms with Crippen LogP contribution in [0.4, 0.5) is 11.6 Å². The van der Waals surface area contributed by atoms with Gasteiger partial charge < -0.3 is 11.1 Å². The summed E-state index contributed by atoms with van der Waals surface area (Å²) in [7, 11) is 0. The number of aromatic nitrogens is 4. The summed E-state index contributed by atoms with van der Waals surface area (Å²) >= 11 is 0. The van der Waals surface area contributed by atoms with Crippen LogP contribution in [0.5, 0.6) is 0 Å². The predicted molar refractivity (Wildman–Crippen MR) is 79.2 cm³/mol. The number of rotatable bonds is 3. The lowest BCUT2D eigenvalue weighted by atomic mass is 9.96. The number of aryl methyl sites for hydroxylation is 1. The number of nitrogens with zero attached hydrogens (tertiary/aromatic N) is 4. The molecule has 0 aliphatic carbocycles. The Morgan fingerprint density at radius 2 is 1.90 bits per heavy atom. The summed E-state index contributed by atoms with van der Waals surface area (Å²) < 4.78 is 0. The Labute approximate surface area is 118 Å². The van der Waals surface area contributed by atoms with Crippen LogP contribution >= 0.6 is 0 Å². The predicted octanol–water partition coefficient (Wildman–Crippen LogP) is 2.07. The van der Waals surface area contributed by atoms with Crippen molar-refractivity contribution in [1.29, 1.82) is 0 Å². The van der Waals surface area contributed by atoms with Gasteiger partial charge in [-0.25, -0.2) is 9.97 Å². The van der Waals surface area contributed by atoms with Crippen molar-refractivity contribution in [2.24, 2.45) is 0 Å². The highest BCUT2D eigenvalue weighted by molar-refractivity contribution is 5.45. The molecule has 20 heavy (non-hydrogen) atoms. The smallest absolute Gasteiger partial charge is 0.138 e. The summed E-state index contributed by atoms with van der Waals surface area (Å²) in [5.41, 5.74) is 7.43. The second-order valence-corrected chi connectivity index (χ2v) is 5.75. The lowest BCUT2D eigenvalue weighted by Gasteiger charge is -2.18. The van der Waals surface area contributed by atoms with Crippen LogP contribution in [0.3, 0.4) is 0 Å². The van der Waals surface area contributed by atoms with Crippen molar-refractivity contribution < 1.29 is 0 Å². The summed E-state index contributed by atoms with van der Waals surface area (Å²) in [6.45, 7) is 8.61. The van der Waals surface area contributed by atoms with E-state index in [-0.39, 0.29) is 5.41 Å². The molecule has 0 aromatic carbocycles. The largest absolute Gasteiger partial charge is 0.384 e. The van der Waals surface area contributed by atoms with E-state index in [9.17, 15) is 0 Å². The molecular weight excluding hydrogens is 252 g/mol. The molecule has 0 spiro atoms. The van der Waals surface area contributed by atoms with Crippen LogP contribution in [0.1, 0.15) is 38.0 Å². The van der Waals surface area contributed by atoms with E-state index in [0.29, 0.717) is 18.2 Å². The summed E-state index contributed by atoms with van der Waals surface area (Å²) in [4.78, 5) is 17.3. The molecule has 0 radical (unpaired) electrons. The highest BCUT2D eigenvalue weighted by Crippen LogP contribution is 2.21. The van der Waals surface area contributed by atoms with Crippen LogP contribution in [0.15, 0.2) is 18.5 Å². The standard InChI is InChI=1S/C14H20N6/c1-9-6-17-10(7-16-9)8-18-12-5-11(15)19-13(20-12)14(2,3)4/h5-7H,8H2,1-4H3,(H3,15,18,19,20). The van der Waals surface area contributed by atoms with Gasteiger partial charge in [0.25, 0.3) is 0 Å². The second-order valence-electron chi connectivity index (χ2n) is 5.75. The lowest BCUT2D eigenvalue weighted by molar-refractivity contribution is 0.547. The van der Waals surface area contributed by atoms with Crippen LogP contribution in [-0.2, 0) is 12.0 Å². The Kier molecular flexibility index (Phi) is 3.83. The summed E-state index contributed by atoms with van der Waals surface area (Å²) in [5.74, 6) is 1.88. The summed E-state index contributed by atoms with van der Waals surface area (Å²) in [6.07, 6.45) is 3.49. The van der Waals surface area contributed by atoms with Gasteiger partial charge in [-0.05, 0) is 6.92 Å². The molecule has 0 saturated carbocycles. The topological polar surface area (TPSA) is 89.6 Å². The van der Waals surface area contributed by atoms with Gasteiger partial charge in [-0.2, -0.15) is 0 Å². The molecule has 0 aliphatic heterocycles. The first-order valence-corrected chi connectivity index (χ1v) is 6.51. The molecule has 3 N–H and O–H groups in total. The van der Waals surface area contributed by atoms with Gasteiger partial charge in [0.1, 0.15) is 17.5 Å². The van der Waals surface area contributed by atoms with Gasteiger partial charge in [0.2, 0.25) is 0 Å². The molecule has 0 aliphatic rings. The highest BCUT2D eigenvalue weighted by atomic mass is 15.1. The van der Waals surface area contributed by atoms with Crippen molar-refractivity contribution >= 4 is 11.6 Å². The number of nitrogens with two attached hydrogens (primary N) is 1. The van der Waals surface area contributed by atoms with E-state index >= 15 is 0 Å². The van der Waals surface area contributed by atoms with Gasteiger partial charge in [-0.3, -0.25) is 9.97 Å². The second kappa shape index (κ2) is 5.40. The zero-order chi connectivity index (χ0) is 14.8. The molecule has 0 atom stereocenters. The maximum atomic E-state index is 5.83. The van der Waals surface area contributed by atoms with Gasteiger partial charge in [0.05, 0.1) is 24.1 Å². The first-order chi connectivity index (χ1) is 9.34. The van der Waals surface area contributed by atoms with Crippen LogP contribution in [0.25, 0.3) is 0 Å². The Hall–Kier alpha value is -2.24. The minimum atomic E-state index is -0.143. The molecule has 0 saturated heterocycles. The van der Waals surface area contributed by atoms with Crippen molar-refractivity contribution in [3.05, 3.63) is 35.7 Å². The number of hydrogen-bond acceptors (Lipinski definition) is 6. The fourth-order valence-electron chi connectivity index (χ4n) is 1.58. The molecule has 0 unspecified atom stereocenters. The third kappa shape index (κ3) is 3.63. The van der Waals surface area contributed by atoms with Crippen LogP contribution in [0, 0.1) is 6.92 Å². The third-order valence-electron chi connectivity index (χ3n) is 2.70. The van der Waals surface area contributed by atoms with E-state index in [1.165, 1.54) is 0 Å². The average Bonchev–Trinajstić information content (AvgIpc) is 2.36. The minimum absolute atomic E-state index is 0.143. The van der Waals surface area contributed by atoms with E-state index < -0.39 is 0 Å². The summed E-state index contributed by atoms with van der Waals surface area (Å²) in [6, 6.07) is 1.72. The minimum Gasteiger partial charge on any atom is -0.384 e. The van der Waals surface area contributed by atoms with E-state index in [1.54, 1.807) is 18.5 Å². The number of nitrogens with one attached hydrogen (secondary N) is 1. The van der Waals surface area contributed by atoms with Gasteiger partial charge >= 0.3 is 0 Å². The molecule has 6 nitrogen and oxygen atoms in total. The Bertz CT molecular complexity index is 586. The van der Waals surface area contributed by atoms with Gasteiger partial charge in [-0.15, -0.1) is 0 Å². The van der Waals surface area contributed by atoms with E-state index in [1.807, 2.05) is 6.92 Å². The van der Waals surface area contributed by atoms with Gasteiger partial charge in [0, 0.05) is 17.7 Å². The van der Waals surface area contributed by atoms with Crippen LogP contribution < -0.4 is 11.1 Å². The van der Waals surface area contributed by atoms with E-state index in [0.717, 1.165) is 17.2 Å². The van der Waals surface area contributed by atoms with E-state index in [4.69, 9.17) is 5.73 Å². The summed E-state index contributed by atoms with van der Waals surface area (Å²) in [5, 5.41) is 3.20. The monoisotopic (exact) mass is 272 g/mol. The first kappa shape index (κ1) is 14.2. The van der Waals surface area contributed by atoms with Crippen molar-refractivity contribution in [1.82, 2.24) is 19.9 Å². The van der Waals surface area contributed by atoms with Gasteiger partial charge in [0.15, 0.2) is 0 Å². The van der Waals surface area contributed by atoms with Crippen molar-refractivity contribution in [2.45, 2.75) is 39.7 Å². The number of hydrogen-bond donors (Lipinski definition) is 2. The van der Waals surface area contributed by atoms with Gasteiger partial charge in [-0.1, -0.05) is 20.8 Å². The average molecular weight is 272 g/mol. The third-order valence-corrected chi connectivity index (χ3v) is 2.70. The zero-order valence-electron chi connectivity index (χ0n) is 12.3. The quantitative estimate of drug-likeness (QED) is 0.889. The molecule has 0 amide bonds. The molecule has 6 heteroatoms. The maximum absolute atomic E-state index is 5.83. The Balaban J connectivity index is 2.13. The normalized spacial score (nSPS) is 11.4. The van der Waals surface area contributed by atoms with Crippen LogP contribution in [-0.4, -0.2) is 19.9 Å². The molecule has 0 fully saturated rings. The SMILES string of the molecule is Cc1cnc(CNc2cc(N)nc(C(C)(C)C)n2)cn1. The van der Waals surface area contributed by atoms with Crippen molar-refractivity contribution in [2.75, 3.05) is 11.1 Å². The van der Waals surface area contributed by atoms with Crippen molar-refractivity contribution in [3.63, 3.8) is 0 Å². The number of nitrogen functional groups attached to an aromatic ring is 1. The van der Waals surface area contributed by atoms with Crippen molar-refractivity contribution in [3.8, 4) is 0 Å². The Morgan fingerprint density at radius 1 is 1.15 bits per heavy atom.